The zero-order chi connectivity index (χ0) is 13.1. The molecule has 0 spiro atoms. The Morgan fingerprint density at radius 2 is 2.37 bits per heavy atom. The van der Waals surface area contributed by atoms with Crippen molar-refractivity contribution in [3.05, 3.63) is 18.2 Å². The van der Waals surface area contributed by atoms with Crippen LogP contribution in [0.1, 0.15) is 0 Å². The summed E-state index contributed by atoms with van der Waals surface area (Å²) in [7, 11) is 0. The first kappa shape index (κ1) is 12.0. The fourth-order valence-electron chi connectivity index (χ4n) is 1.37. The molecule has 0 aliphatic carbocycles. The Morgan fingerprint density at radius 3 is 3.21 bits per heavy atom. The topological polar surface area (TPSA) is 109 Å². The molecule has 1 amide bonds. The van der Waals surface area contributed by atoms with Crippen molar-refractivity contribution in [1.82, 2.24) is 30.1 Å². The van der Waals surface area contributed by atoms with Crippen molar-refractivity contribution in [3.8, 4) is 0 Å². The number of hydrogen-bond acceptors (Lipinski definition) is 8. The minimum absolute atomic E-state index is 0.159. The highest BCUT2D eigenvalue weighted by molar-refractivity contribution is 8.00. The first-order valence-electron chi connectivity index (χ1n) is 5.16. The SMILES string of the molecule is O=C(CSc1ncnc2nc[nH]c12)Nc1nncs1. The molecule has 2 N–H and O–H groups in total. The number of aromatic nitrogens is 6. The van der Waals surface area contributed by atoms with E-state index in [0.717, 1.165) is 5.52 Å². The van der Waals surface area contributed by atoms with E-state index < -0.39 is 0 Å². The maximum atomic E-state index is 11.7. The summed E-state index contributed by atoms with van der Waals surface area (Å²) >= 11 is 2.58. The molecule has 3 aromatic rings. The number of fused-ring (bicyclic) bond motifs is 1. The van der Waals surface area contributed by atoms with Crippen LogP contribution in [0.3, 0.4) is 0 Å². The Bertz CT molecular complexity index is 695. The summed E-state index contributed by atoms with van der Waals surface area (Å²) in [6.07, 6.45) is 2.97. The van der Waals surface area contributed by atoms with Crippen molar-refractivity contribution in [2.75, 3.05) is 11.1 Å². The van der Waals surface area contributed by atoms with Crippen molar-refractivity contribution in [1.29, 1.82) is 0 Å². The van der Waals surface area contributed by atoms with Crippen LogP contribution in [0.5, 0.6) is 0 Å². The third kappa shape index (κ3) is 2.69. The van der Waals surface area contributed by atoms with Crippen LogP contribution < -0.4 is 5.32 Å². The Labute approximate surface area is 115 Å². The summed E-state index contributed by atoms with van der Waals surface area (Å²) in [4.78, 5) is 26.8. The van der Waals surface area contributed by atoms with Crippen LogP contribution in [-0.2, 0) is 4.79 Å². The second-order valence-electron chi connectivity index (χ2n) is 3.36. The van der Waals surface area contributed by atoms with Crippen molar-refractivity contribution >= 4 is 45.3 Å². The second-order valence-corrected chi connectivity index (χ2v) is 5.16. The number of carbonyl (C=O) groups excluding carboxylic acids is 1. The number of aromatic amines is 1. The van der Waals surface area contributed by atoms with Crippen LogP contribution in [0.4, 0.5) is 5.13 Å². The molecule has 8 nitrogen and oxygen atoms in total. The van der Waals surface area contributed by atoms with Crippen molar-refractivity contribution in [2.45, 2.75) is 5.03 Å². The smallest absolute Gasteiger partial charge is 0.236 e. The summed E-state index contributed by atoms with van der Waals surface area (Å²) in [5.74, 6) is 0.0677. The minimum atomic E-state index is -0.159. The number of carbonyl (C=O) groups is 1. The molecule has 0 unspecified atom stereocenters. The molecule has 0 saturated carbocycles. The average Bonchev–Trinajstić information content (AvgIpc) is 3.06. The van der Waals surface area contributed by atoms with E-state index in [2.05, 4.69) is 35.5 Å². The lowest BCUT2D eigenvalue weighted by molar-refractivity contribution is -0.113. The number of rotatable bonds is 4. The van der Waals surface area contributed by atoms with Crippen LogP contribution in [0.25, 0.3) is 11.2 Å². The summed E-state index contributed by atoms with van der Waals surface area (Å²) in [6, 6.07) is 0. The van der Waals surface area contributed by atoms with Crippen LogP contribution in [0, 0.1) is 0 Å². The number of hydrogen-bond donors (Lipinski definition) is 2. The van der Waals surface area contributed by atoms with Crippen molar-refractivity contribution in [2.24, 2.45) is 0 Å². The molecule has 0 fully saturated rings. The lowest BCUT2D eigenvalue weighted by Crippen LogP contribution is -2.14. The molecule has 0 radical (unpaired) electrons. The maximum Gasteiger partial charge on any atom is 0.236 e. The van der Waals surface area contributed by atoms with Gasteiger partial charge in [-0.15, -0.1) is 10.2 Å². The number of H-pyrrole nitrogens is 1. The maximum absolute atomic E-state index is 11.7. The zero-order valence-corrected chi connectivity index (χ0v) is 11.0. The molecule has 96 valence electrons. The number of thioether (sulfide) groups is 1. The van der Waals surface area contributed by atoms with Gasteiger partial charge in [-0.05, 0) is 0 Å². The van der Waals surface area contributed by atoms with E-state index in [9.17, 15) is 4.79 Å². The monoisotopic (exact) mass is 293 g/mol. The van der Waals surface area contributed by atoms with E-state index in [1.807, 2.05) is 0 Å². The van der Waals surface area contributed by atoms with Gasteiger partial charge in [0, 0.05) is 0 Å². The highest BCUT2D eigenvalue weighted by Gasteiger charge is 2.10. The number of anilines is 1. The largest absolute Gasteiger partial charge is 0.341 e. The average molecular weight is 293 g/mol. The second kappa shape index (κ2) is 5.28. The highest BCUT2D eigenvalue weighted by Crippen LogP contribution is 2.21. The molecule has 19 heavy (non-hydrogen) atoms. The van der Waals surface area contributed by atoms with Gasteiger partial charge in [0.2, 0.25) is 11.0 Å². The van der Waals surface area contributed by atoms with Gasteiger partial charge in [-0.1, -0.05) is 23.1 Å². The lowest BCUT2D eigenvalue weighted by atomic mass is 10.6. The molecule has 10 heteroatoms. The lowest BCUT2D eigenvalue weighted by Gasteiger charge is -2.01. The predicted octanol–water partition coefficient (Wildman–Crippen LogP) is 0.935. The van der Waals surface area contributed by atoms with Gasteiger partial charge in [-0.25, -0.2) is 15.0 Å². The molecule has 0 atom stereocenters. The van der Waals surface area contributed by atoms with Gasteiger partial charge in [-0.3, -0.25) is 10.1 Å². The minimum Gasteiger partial charge on any atom is -0.341 e. The van der Waals surface area contributed by atoms with E-state index in [0.29, 0.717) is 15.8 Å². The van der Waals surface area contributed by atoms with Gasteiger partial charge in [0.05, 0.1) is 12.1 Å². The molecule has 0 aliphatic rings. The Hall–Kier alpha value is -2.07. The summed E-state index contributed by atoms with van der Waals surface area (Å²) in [5, 5.41) is 11.2. The van der Waals surface area contributed by atoms with Gasteiger partial charge in [0.1, 0.15) is 22.4 Å². The third-order valence-electron chi connectivity index (χ3n) is 2.13. The van der Waals surface area contributed by atoms with Crippen LogP contribution in [0.15, 0.2) is 23.2 Å². The van der Waals surface area contributed by atoms with Gasteiger partial charge in [0.25, 0.3) is 0 Å². The molecule has 0 bridgehead atoms. The van der Waals surface area contributed by atoms with E-state index in [-0.39, 0.29) is 11.7 Å². The van der Waals surface area contributed by atoms with E-state index in [4.69, 9.17) is 0 Å². The van der Waals surface area contributed by atoms with Crippen molar-refractivity contribution in [3.63, 3.8) is 0 Å². The van der Waals surface area contributed by atoms with Gasteiger partial charge < -0.3 is 4.98 Å². The Morgan fingerprint density at radius 1 is 1.42 bits per heavy atom. The first-order valence-corrected chi connectivity index (χ1v) is 7.02. The molecule has 3 aromatic heterocycles. The van der Waals surface area contributed by atoms with Crippen LogP contribution in [0.2, 0.25) is 0 Å². The molecule has 3 heterocycles. The zero-order valence-electron chi connectivity index (χ0n) is 9.40. The third-order valence-corrected chi connectivity index (χ3v) is 3.73. The number of amides is 1. The highest BCUT2D eigenvalue weighted by atomic mass is 32.2. The van der Waals surface area contributed by atoms with E-state index in [1.54, 1.807) is 11.8 Å². The summed E-state index contributed by atoms with van der Waals surface area (Å²) < 4.78 is 0. The van der Waals surface area contributed by atoms with Gasteiger partial charge >= 0.3 is 0 Å². The Balaban J connectivity index is 1.66. The molecular formula is C9H7N7OS2. The van der Waals surface area contributed by atoms with Crippen LogP contribution >= 0.6 is 23.1 Å². The van der Waals surface area contributed by atoms with E-state index >= 15 is 0 Å². The fraction of sp³-hybridized carbons (Fsp3) is 0.111. The molecule has 0 aliphatic heterocycles. The first-order chi connectivity index (χ1) is 9.33. The standard InChI is InChI=1S/C9H7N7OS2/c17-5(15-9-16-14-4-19-9)1-18-8-6-7(11-2-10-6)12-3-13-8/h2-4H,1H2,(H,15,16,17)(H,10,11,12,13). The predicted molar refractivity (Wildman–Crippen MR) is 70.9 cm³/mol. The molecular weight excluding hydrogens is 286 g/mol. The van der Waals surface area contributed by atoms with Crippen LogP contribution in [-0.4, -0.2) is 41.8 Å². The summed E-state index contributed by atoms with van der Waals surface area (Å²) in [6.45, 7) is 0. The quantitative estimate of drug-likeness (QED) is 0.544. The normalized spacial score (nSPS) is 10.7. The number of imidazole rings is 1. The fourth-order valence-corrected chi connectivity index (χ4v) is 2.59. The molecule has 0 saturated heterocycles. The van der Waals surface area contributed by atoms with Gasteiger partial charge in [0.15, 0.2) is 5.65 Å². The van der Waals surface area contributed by atoms with Crippen molar-refractivity contribution < 1.29 is 4.79 Å². The number of nitrogens with zero attached hydrogens (tertiary/aromatic N) is 5. The molecule has 0 aromatic carbocycles. The number of nitrogens with one attached hydrogen (secondary N) is 2. The Kier molecular flexibility index (Phi) is 3.33. The van der Waals surface area contributed by atoms with Gasteiger partial charge in [-0.2, -0.15) is 0 Å². The van der Waals surface area contributed by atoms with E-state index in [1.165, 1.54) is 29.4 Å². The molecule has 3 rings (SSSR count). The summed E-state index contributed by atoms with van der Waals surface area (Å²) in [5.41, 5.74) is 2.87.